The lowest BCUT2D eigenvalue weighted by molar-refractivity contribution is 1.16. The molecule has 0 unspecified atom stereocenters. The summed E-state index contributed by atoms with van der Waals surface area (Å²) in [6, 6.07) is 162. The molecule has 0 aliphatic rings. The Hall–Kier alpha value is -18.9. The van der Waals surface area contributed by atoms with Gasteiger partial charge in [0.15, 0.2) is 0 Å². The van der Waals surface area contributed by atoms with Crippen molar-refractivity contribution in [3.63, 3.8) is 0 Å². The summed E-state index contributed by atoms with van der Waals surface area (Å²) in [5.41, 5.74) is 28.7. The normalized spacial score (nSPS) is 11.6. The van der Waals surface area contributed by atoms with Gasteiger partial charge in [-0.15, -0.1) is 22.7 Å². The second-order valence-corrected chi connectivity index (χ2v) is 37.0. The number of thiophene rings is 2. The number of benzene rings is 20. The van der Waals surface area contributed by atoms with Crippen LogP contribution in [0.2, 0.25) is 0 Å². The second-order valence-electron chi connectivity index (χ2n) is 34.9. The number of nitrogens with zero attached hydrogens (tertiary/aromatic N) is 11. The van der Waals surface area contributed by atoms with Crippen LogP contribution >= 0.6 is 22.7 Å². The maximum Gasteiger partial charge on any atom is 0.0992 e. The van der Waals surface area contributed by atoms with Crippen LogP contribution in [0.25, 0.3) is 239 Å². The van der Waals surface area contributed by atoms with Gasteiger partial charge in [0.05, 0.1) is 136 Å². The molecule has 28 rings (SSSR count). The molecule has 28 aromatic rings. The third kappa shape index (κ3) is 12.7. The molecule has 11 nitrogen and oxygen atoms in total. The standard InChI is InChI=1S/C48H28N2S2.C39H21N5.C38H22N4/c1-7-19-37(49-39-21-9-3-17-35(39)45-41(49)27-25-33-31-15-5-11-23-43(31)51-47(33)45)29(13-1)30-14-2-8-20-38(30)50-40-22-10-4-18-36(40)46-42(50)28-26-34-32-16-6-12-24-44(32)52-48(34)46;40-22-25-12-14-38-34(18-25)35-19-26(23-41)13-15-39(35)43(38)30-7-5-6-28(20-30)29-16-27(24-42)17-31(21-29)44-36-10-3-1-8-32(36)33-9-2-4-11-37(33)44;39-23-25-16-17-38-34(20-25)33-12-3-6-15-37(33)42(38)30-19-26(24-40)18-28(22-30)27-8-7-9-29(21-27)41-35-13-4-1-10-31(35)32-11-2-5-14-36(32)41/h1-28H;1-21H;1-22H. The zero-order valence-corrected chi connectivity index (χ0v) is 75.4. The minimum Gasteiger partial charge on any atom is -0.309 e. The van der Waals surface area contributed by atoms with Crippen LogP contribution in [0.3, 0.4) is 0 Å². The number of fused-ring (bicyclic) bond motifs is 26. The molecule has 0 N–H and O–H groups in total. The van der Waals surface area contributed by atoms with E-state index in [0.717, 1.165) is 111 Å². The van der Waals surface area contributed by atoms with Gasteiger partial charge in [-0.05, 0) is 216 Å². The van der Waals surface area contributed by atoms with E-state index in [1.807, 2.05) is 132 Å². The van der Waals surface area contributed by atoms with Gasteiger partial charge in [-0.25, -0.2) is 0 Å². The molecule has 0 saturated heterocycles. The minimum absolute atomic E-state index is 0.568. The number of hydrogen-bond acceptors (Lipinski definition) is 7. The first-order valence-electron chi connectivity index (χ1n) is 45.7. The van der Waals surface area contributed by atoms with Crippen molar-refractivity contribution in [3.8, 4) is 97.9 Å². The zero-order chi connectivity index (χ0) is 91.9. The molecule has 0 amide bonds. The summed E-state index contributed by atoms with van der Waals surface area (Å²) in [6.07, 6.45) is 0. The van der Waals surface area contributed by atoms with E-state index in [1.54, 1.807) is 0 Å². The fourth-order valence-electron chi connectivity index (χ4n) is 21.5. The van der Waals surface area contributed by atoms with Gasteiger partial charge in [-0.3, -0.25) is 0 Å². The maximum absolute atomic E-state index is 10.1. The van der Waals surface area contributed by atoms with E-state index in [-0.39, 0.29) is 0 Å². The predicted molar refractivity (Wildman–Crippen MR) is 571 cm³/mol. The van der Waals surface area contributed by atoms with Gasteiger partial charge in [0.25, 0.3) is 0 Å². The van der Waals surface area contributed by atoms with Crippen molar-refractivity contribution >= 4 is 194 Å². The van der Waals surface area contributed by atoms with Crippen molar-refractivity contribution in [2.75, 3.05) is 0 Å². The Bertz CT molecular complexity index is 9900. The number of nitriles is 5. The predicted octanol–water partition coefficient (Wildman–Crippen LogP) is 32.7. The molecule has 0 aliphatic carbocycles. The molecule has 0 spiro atoms. The van der Waals surface area contributed by atoms with Crippen LogP contribution < -0.4 is 0 Å². The number of aromatic nitrogens is 6. The van der Waals surface area contributed by atoms with Crippen molar-refractivity contribution < 1.29 is 0 Å². The lowest BCUT2D eigenvalue weighted by atomic mass is 10.0. The summed E-state index contributed by atoms with van der Waals surface area (Å²) in [7, 11) is 0. The molecule has 0 aliphatic heterocycles. The Kier molecular flexibility index (Phi) is 18.7. The first kappa shape index (κ1) is 80.0. The Morgan fingerprint density at radius 1 is 0.167 bits per heavy atom. The van der Waals surface area contributed by atoms with E-state index < -0.39 is 0 Å². The fraction of sp³-hybridized carbons (Fsp3) is 0. The first-order chi connectivity index (χ1) is 68.2. The van der Waals surface area contributed by atoms with Crippen molar-refractivity contribution in [2.24, 2.45) is 0 Å². The molecule has 0 atom stereocenters. The summed E-state index contributed by atoms with van der Waals surface area (Å²) in [5.74, 6) is 0. The highest BCUT2D eigenvalue weighted by molar-refractivity contribution is 7.27. The highest BCUT2D eigenvalue weighted by Gasteiger charge is 2.27. The molecule has 638 valence electrons. The highest BCUT2D eigenvalue weighted by atomic mass is 32.1. The van der Waals surface area contributed by atoms with Gasteiger partial charge >= 0.3 is 0 Å². The Balaban J connectivity index is 0.000000108. The average molecular weight is 1790 g/mol. The van der Waals surface area contributed by atoms with Crippen LogP contribution in [0, 0.1) is 56.7 Å². The van der Waals surface area contributed by atoms with Gasteiger partial charge in [-0.1, -0.05) is 237 Å². The fourth-order valence-corrected chi connectivity index (χ4v) is 24.1. The average Bonchev–Trinajstić information content (AvgIpc) is 1.55. The van der Waals surface area contributed by atoms with Crippen molar-refractivity contribution in [1.82, 2.24) is 27.4 Å². The van der Waals surface area contributed by atoms with Crippen LogP contribution in [0.4, 0.5) is 0 Å². The van der Waals surface area contributed by atoms with Gasteiger partial charge < -0.3 is 27.4 Å². The van der Waals surface area contributed by atoms with E-state index in [4.69, 9.17) is 0 Å². The molecule has 138 heavy (non-hydrogen) atoms. The topological polar surface area (TPSA) is 149 Å². The quantitative estimate of drug-likeness (QED) is 0.141. The summed E-state index contributed by atoms with van der Waals surface area (Å²) >= 11 is 3.81. The molecule has 8 heterocycles. The van der Waals surface area contributed by atoms with Crippen LogP contribution in [0.5, 0.6) is 0 Å². The molecule has 20 aromatic carbocycles. The summed E-state index contributed by atoms with van der Waals surface area (Å²) in [6.45, 7) is 0. The summed E-state index contributed by atoms with van der Waals surface area (Å²) in [4.78, 5) is 0. The van der Waals surface area contributed by atoms with Gasteiger partial charge in [0.2, 0.25) is 0 Å². The lowest BCUT2D eigenvalue weighted by Gasteiger charge is -2.18. The van der Waals surface area contributed by atoms with Crippen molar-refractivity contribution in [2.45, 2.75) is 0 Å². The molecule has 0 fully saturated rings. The highest BCUT2D eigenvalue weighted by Crippen LogP contribution is 2.50. The summed E-state index contributed by atoms with van der Waals surface area (Å²) in [5, 5.41) is 68.1. The second kappa shape index (κ2) is 32.2. The maximum atomic E-state index is 10.1. The molecular weight excluding hydrogens is 1720 g/mol. The monoisotopic (exact) mass is 1790 g/mol. The van der Waals surface area contributed by atoms with Crippen LogP contribution in [-0.2, 0) is 0 Å². The number of hydrogen-bond donors (Lipinski definition) is 0. The first-order valence-corrected chi connectivity index (χ1v) is 47.3. The Morgan fingerprint density at radius 3 is 0.804 bits per heavy atom. The van der Waals surface area contributed by atoms with E-state index in [1.165, 1.54) is 128 Å². The largest absolute Gasteiger partial charge is 0.309 e. The van der Waals surface area contributed by atoms with E-state index >= 15 is 0 Å². The van der Waals surface area contributed by atoms with Crippen molar-refractivity contribution in [1.29, 1.82) is 26.3 Å². The number of rotatable bonds is 9. The Labute approximate surface area is 798 Å². The van der Waals surface area contributed by atoms with Crippen LogP contribution in [0.1, 0.15) is 27.8 Å². The van der Waals surface area contributed by atoms with Crippen LogP contribution in [0.15, 0.2) is 431 Å². The zero-order valence-electron chi connectivity index (χ0n) is 73.7. The van der Waals surface area contributed by atoms with E-state index in [0.29, 0.717) is 27.8 Å². The SMILES string of the molecule is N#Cc1cc(-c2cccc(-n3c4ccc(C#N)cc4c4cc(C#N)ccc43)c2)cc(-n2c3ccccc3c3ccccc32)c1.N#Cc1cc(-c2cccc(-n3c4ccccc4c4ccccc43)c2)cc(-n2c3ccccc3c3cc(C#N)ccc32)c1.c1ccc(-n2c3ccccc3c3c4sc5ccccc5c4ccc32)c(-c2ccccc2-n2c3ccccc3c3c4sc5ccccc5c4ccc32)c1. The van der Waals surface area contributed by atoms with Gasteiger partial charge in [0.1, 0.15) is 0 Å². The molecule has 0 saturated carbocycles. The molecule has 8 aromatic heterocycles. The lowest BCUT2D eigenvalue weighted by Crippen LogP contribution is -2.01. The third-order valence-electron chi connectivity index (χ3n) is 27.4. The minimum atomic E-state index is 0.568. The summed E-state index contributed by atoms with van der Waals surface area (Å²) < 4.78 is 19.2. The number of para-hydroxylation sites is 9. The van der Waals surface area contributed by atoms with Gasteiger partial charge in [0, 0.05) is 139 Å². The van der Waals surface area contributed by atoms with Crippen LogP contribution in [-0.4, -0.2) is 27.4 Å². The molecular formula is C125H71N11S2. The smallest absolute Gasteiger partial charge is 0.0992 e. The van der Waals surface area contributed by atoms with E-state index in [9.17, 15) is 26.3 Å². The van der Waals surface area contributed by atoms with Crippen molar-refractivity contribution in [3.05, 3.63) is 459 Å². The van der Waals surface area contributed by atoms with E-state index in [2.05, 4.69) is 379 Å². The molecule has 13 heteroatoms. The molecule has 0 bridgehead atoms. The Morgan fingerprint density at radius 2 is 0.442 bits per heavy atom. The van der Waals surface area contributed by atoms with Gasteiger partial charge in [-0.2, -0.15) is 26.3 Å². The third-order valence-corrected chi connectivity index (χ3v) is 29.8. The molecule has 0 radical (unpaired) electrons.